The summed E-state index contributed by atoms with van der Waals surface area (Å²) in [6.45, 7) is -2.69. The number of ether oxygens (including phenoxy) is 1. The van der Waals surface area contributed by atoms with Crippen molar-refractivity contribution in [3.8, 4) is 0 Å². The molecule has 0 aliphatic carbocycles. The summed E-state index contributed by atoms with van der Waals surface area (Å²) in [6.07, 6.45) is -1.52. The Morgan fingerprint density at radius 2 is 2.07 bits per heavy atom. The first-order valence-corrected chi connectivity index (χ1v) is 4.13. The molecule has 0 rings (SSSR count). The van der Waals surface area contributed by atoms with Crippen LogP contribution in [-0.2, 0) is 14.3 Å². The number of hydrogen-bond acceptors (Lipinski definition) is 4. The molecule has 5 heteroatoms. The van der Waals surface area contributed by atoms with Gasteiger partial charge in [0.1, 0.15) is 6.54 Å². The van der Waals surface area contributed by atoms with Crippen molar-refractivity contribution in [2.75, 3.05) is 27.7 Å². The van der Waals surface area contributed by atoms with Crippen LogP contribution in [0.3, 0.4) is 0 Å². The van der Waals surface area contributed by atoms with Gasteiger partial charge in [0, 0.05) is 23.4 Å². The summed E-state index contributed by atoms with van der Waals surface area (Å²) in [5, 5.41) is 10.5. The van der Waals surface area contributed by atoms with Gasteiger partial charge in [0.05, 0.1) is 21.1 Å². The lowest BCUT2D eigenvalue weighted by atomic mass is 10.2. The van der Waals surface area contributed by atoms with Crippen molar-refractivity contribution in [1.82, 2.24) is 0 Å². The molecule has 5 nitrogen and oxygen atoms in total. The van der Waals surface area contributed by atoms with Gasteiger partial charge in [0.2, 0.25) is 0 Å². The average Bonchev–Trinajstić information content (AvgIpc) is 1.96. The second-order valence-electron chi connectivity index (χ2n) is 4.08. The van der Waals surface area contributed by atoms with Crippen molar-refractivity contribution >= 4 is 11.9 Å². The van der Waals surface area contributed by atoms with Gasteiger partial charge in [0.25, 0.3) is 0 Å². The maximum absolute atomic E-state index is 11.1. The summed E-state index contributed by atoms with van der Waals surface area (Å²) in [5.41, 5.74) is 0. The first-order valence-electron chi connectivity index (χ1n) is 5.63. The van der Waals surface area contributed by atoms with E-state index in [0.717, 1.165) is 0 Å². The largest absolute Gasteiger partial charge is 0.550 e. The number of likely N-dealkylation sites (N-methyl/N-ethyl adjacent to an activating group) is 1. The van der Waals surface area contributed by atoms with Crippen LogP contribution in [0.15, 0.2) is 0 Å². The summed E-state index contributed by atoms with van der Waals surface area (Å²) in [6, 6.07) is 0. The minimum Gasteiger partial charge on any atom is -0.550 e. The minimum absolute atomic E-state index is 0.190. The van der Waals surface area contributed by atoms with Gasteiger partial charge in [-0.2, -0.15) is 0 Å². The Bertz CT molecular complexity index is 296. The van der Waals surface area contributed by atoms with Crippen molar-refractivity contribution in [2.45, 2.75) is 19.4 Å². The fourth-order valence-corrected chi connectivity index (χ4v) is 1.09. The van der Waals surface area contributed by atoms with E-state index in [1.54, 1.807) is 21.1 Å². The number of carbonyl (C=O) groups excluding carboxylic acids is 2. The predicted octanol–water partition coefficient (Wildman–Crippen LogP) is -1.24. The van der Waals surface area contributed by atoms with E-state index in [2.05, 4.69) is 4.74 Å². The van der Waals surface area contributed by atoms with Crippen LogP contribution in [-0.4, -0.2) is 50.2 Å². The van der Waals surface area contributed by atoms with Crippen molar-refractivity contribution in [2.24, 2.45) is 0 Å². The van der Waals surface area contributed by atoms with Crippen LogP contribution in [0.1, 0.15) is 17.4 Å². The quantitative estimate of drug-likeness (QED) is 0.417. The number of quaternary nitrogens is 1. The number of carboxylic acids is 1. The zero-order chi connectivity index (χ0) is 13.9. The highest BCUT2D eigenvalue weighted by Gasteiger charge is 2.20. The monoisotopic (exact) mass is 206 g/mol. The maximum Gasteiger partial charge on any atom is 0.303 e. The molecular formula is C9H17NO4. The molecule has 0 bridgehead atoms. The smallest absolute Gasteiger partial charge is 0.303 e. The second-order valence-corrected chi connectivity index (χ2v) is 4.08. The number of nitrogens with zero attached hydrogens (tertiary/aromatic N) is 1. The maximum atomic E-state index is 11.1. The zero-order valence-corrected chi connectivity index (χ0v) is 8.57. The van der Waals surface area contributed by atoms with Crippen LogP contribution in [0.25, 0.3) is 0 Å². The number of rotatable bonds is 5. The van der Waals surface area contributed by atoms with Gasteiger partial charge < -0.3 is 19.1 Å². The van der Waals surface area contributed by atoms with E-state index in [1.165, 1.54) is 0 Å². The number of hydrogen-bond donors (Lipinski definition) is 0. The summed E-state index contributed by atoms with van der Waals surface area (Å²) < 4.78 is 25.5. The van der Waals surface area contributed by atoms with Crippen molar-refractivity contribution in [1.29, 1.82) is 0 Å². The standard InChI is InChI=1S/C9H17NO4/c1-7(11)14-8(5-9(12)13)6-10(2,3)4/h8H,5-6H2,1-4H3/t8-/m1/s1/i1D3. The topological polar surface area (TPSA) is 66.4 Å². The van der Waals surface area contributed by atoms with Gasteiger partial charge in [-0.1, -0.05) is 0 Å². The Labute approximate surface area is 88.1 Å². The molecular weight excluding hydrogens is 186 g/mol. The summed E-state index contributed by atoms with van der Waals surface area (Å²) in [7, 11) is 5.31. The summed E-state index contributed by atoms with van der Waals surface area (Å²) in [5.74, 6) is -2.78. The molecule has 0 aromatic rings. The molecule has 0 radical (unpaired) electrons. The van der Waals surface area contributed by atoms with E-state index in [4.69, 9.17) is 4.11 Å². The molecule has 0 saturated heterocycles. The molecule has 0 aliphatic rings. The molecule has 0 aromatic carbocycles. The molecule has 0 aliphatic heterocycles. The molecule has 0 amide bonds. The zero-order valence-electron chi connectivity index (χ0n) is 11.6. The highest BCUT2D eigenvalue weighted by molar-refractivity contribution is 5.68. The molecule has 0 fully saturated rings. The van der Waals surface area contributed by atoms with Gasteiger partial charge in [-0.25, -0.2) is 0 Å². The Morgan fingerprint density at radius 1 is 1.50 bits per heavy atom. The van der Waals surface area contributed by atoms with E-state index in [1.807, 2.05) is 0 Å². The first-order chi connectivity index (χ1) is 7.42. The summed E-state index contributed by atoms with van der Waals surface area (Å²) >= 11 is 0. The van der Waals surface area contributed by atoms with Gasteiger partial charge in [0.15, 0.2) is 6.10 Å². The van der Waals surface area contributed by atoms with Gasteiger partial charge in [-0.15, -0.1) is 0 Å². The molecule has 0 spiro atoms. The normalized spacial score (nSPS) is 17.5. The van der Waals surface area contributed by atoms with E-state index < -0.39 is 31.3 Å². The van der Waals surface area contributed by atoms with Crippen LogP contribution in [0, 0.1) is 0 Å². The van der Waals surface area contributed by atoms with Crippen LogP contribution in [0.4, 0.5) is 0 Å². The average molecular weight is 206 g/mol. The van der Waals surface area contributed by atoms with Gasteiger partial charge >= 0.3 is 5.97 Å². The van der Waals surface area contributed by atoms with Crippen molar-refractivity contribution < 1.29 is 28.0 Å². The lowest BCUT2D eigenvalue weighted by Gasteiger charge is -2.28. The SMILES string of the molecule is [2H]C([2H])([2H])C(=O)O[C@H](CC(=O)[O-])C[N+](C)(C)C. The Kier molecular flexibility index (Phi) is 2.91. The predicted molar refractivity (Wildman–Crippen MR) is 48.1 cm³/mol. The third-order valence-electron chi connectivity index (χ3n) is 1.42. The lowest BCUT2D eigenvalue weighted by molar-refractivity contribution is -0.873. The third-order valence-corrected chi connectivity index (χ3v) is 1.42. The molecule has 14 heavy (non-hydrogen) atoms. The third kappa shape index (κ3) is 7.54. The van der Waals surface area contributed by atoms with Crippen molar-refractivity contribution in [3.63, 3.8) is 0 Å². The van der Waals surface area contributed by atoms with E-state index in [9.17, 15) is 14.7 Å². The van der Waals surface area contributed by atoms with Crippen molar-refractivity contribution in [3.05, 3.63) is 0 Å². The van der Waals surface area contributed by atoms with Gasteiger partial charge in [-0.05, 0) is 0 Å². The number of esters is 1. The first kappa shape index (κ1) is 8.23. The molecule has 0 saturated carbocycles. The van der Waals surface area contributed by atoms with E-state index in [-0.39, 0.29) is 6.54 Å². The van der Waals surface area contributed by atoms with Crippen LogP contribution >= 0.6 is 0 Å². The molecule has 0 aromatic heterocycles. The fraction of sp³-hybridized carbons (Fsp3) is 0.778. The minimum atomic E-state index is -2.88. The second kappa shape index (κ2) is 4.95. The Balaban J connectivity index is 4.60. The van der Waals surface area contributed by atoms with Crippen LogP contribution in [0.5, 0.6) is 0 Å². The van der Waals surface area contributed by atoms with E-state index in [0.29, 0.717) is 4.48 Å². The Hall–Kier alpha value is -1.10. The summed E-state index contributed by atoms with van der Waals surface area (Å²) in [4.78, 5) is 21.6. The molecule has 0 unspecified atom stereocenters. The highest BCUT2D eigenvalue weighted by Crippen LogP contribution is 2.04. The fourth-order valence-electron chi connectivity index (χ4n) is 1.09. The number of aliphatic carboxylic acids is 1. The molecule has 82 valence electrons. The lowest BCUT2D eigenvalue weighted by Crippen LogP contribution is -2.45. The number of carboxylic acid groups (broad SMARTS) is 1. The van der Waals surface area contributed by atoms with Gasteiger partial charge in [-0.3, -0.25) is 4.79 Å². The highest BCUT2D eigenvalue weighted by atomic mass is 16.5. The van der Waals surface area contributed by atoms with E-state index >= 15 is 0 Å². The van der Waals surface area contributed by atoms with Crippen LogP contribution < -0.4 is 5.11 Å². The number of carbonyl (C=O) groups is 2. The Morgan fingerprint density at radius 3 is 2.43 bits per heavy atom. The molecule has 1 atom stereocenters. The van der Waals surface area contributed by atoms with Crippen LogP contribution in [0.2, 0.25) is 0 Å². The molecule has 0 N–H and O–H groups in total. The molecule has 0 heterocycles.